The van der Waals surface area contributed by atoms with Gasteiger partial charge in [0.15, 0.2) is 11.6 Å². The molecule has 0 bridgehead atoms. The standard InChI is InChI=1S/C12H11ClFN3O2S/c1-6-16-17-12(20-6)19-11-8(13)4-2-7(10(11)14)3-5-9(15)18/h2,4H,3,5H2,1H3,(H2,15,18). The van der Waals surface area contributed by atoms with Crippen molar-refractivity contribution < 1.29 is 13.9 Å². The van der Waals surface area contributed by atoms with Crippen molar-refractivity contribution >= 4 is 28.8 Å². The number of hydrogen-bond acceptors (Lipinski definition) is 5. The van der Waals surface area contributed by atoms with Crippen LogP contribution in [-0.4, -0.2) is 16.1 Å². The van der Waals surface area contributed by atoms with Crippen LogP contribution in [0.15, 0.2) is 12.1 Å². The molecule has 0 aliphatic carbocycles. The molecular weight excluding hydrogens is 305 g/mol. The Morgan fingerprint density at radius 3 is 2.85 bits per heavy atom. The quantitative estimate of drug-likeness (QED) is 0.920. The number of primary amides is 1. The van der Waals surface area contributed by atoms with E-state index >= 15 is 0 Å². The van der Waals surface area contributed by atoms with Crippen molar-refractivity contribution in [2.75, 3.05) is 0 Å². The first-order valence-electron chi connectivity index (χ1n) is 5.70. The molecule has 1 amide bonds. The Morgan fingerprint density at radius 1 is 1.50 bits per heavy atom. The molecule has 1 aromatic carbocycles. The van der Waals surface area contributed by atoms with Crippen molar-refractivity contribution in [1.82, 2.24) is 10.2 Å². The number of carbonyl (C=O) groups excluding carboxylic acids is 1. The van der Waals surface area contributed by atoms with Gasteiger partial charge in [-0.15, -0.1) is 5.10 Å². The predicted octanol–water partition coefficient (Wildman–Crippen LogP) is 2.85. The normalized spacial score (nSPS) is 10.6. The second kappa shape index (κ2) is 6.15. The van der Waals surface area contributed by atoms with Gasteiger partial charge in [0, 0.05) is 6.42 Å². The molecule has 2 aromatic rings. The van der Waals surface area contributed by atoms with Crippen LogP contribution in [0.25, 0.3) is 0 Å². The fourth-order valence-electron chi connectivity index (χ4n) is 1.52. The van der Waals surface area contributed by atoms with E-state index in [4.69, 9.17) is 22.1 Å². The summed E-state index contributed by atoms with van der Waals surface area (Å²) in [6.07, 6.45) is 0.236. The lowest BCUT2D eigenvalue weighted by Crippen LogP contribution is -2.11. The topological polar surface area (TPSA) is 78.1 Å². The van der Waals surface area contributed by atoms with Crippen molar-refractivity contribution in [3.8, 4) is 10.9 Å². The zero-order valence-electron chi connectivity index (χ0n) is 10.5. The van der Waals surface area contributed by atoms with Crippen LogP contribution < -0.4 is 10.5 Å². The van der Waals surface area contributed by atoms with Crippen LogP contribution in [0.2, 0.25) is 5.02 Å². The van der Waals surface area contributed by atoms with Crippen molar-refractivity contribution in [2.24, 2.45) is 5.73 Å². The number of halogens is 2. The maximum atomic E-state index is 14.3. The number of amides is 1. The highest BCUT2D eigenvalue weighted by Crippen LogP contribution is 2.35. The lowest BCUT2D eigenvalue weighted by atomic mass is 10.1. The Morgan fingerprint density at radius 2 is 2.25 bits per heavy atom. The molecule has 106 valence electrons. The monoisotopic (exact) mass is 315 g/mol. The molecule has 0 aliphatic rings. The highest BCUT2D eigenvalue weighted by atomic mass is 35.5. The highest BCUT2D eigenvalue weighted by molar-refractivity contribution is 7.13. The molecule has 20 heavy (non-hydrogen) atoms. The number of ether oxygens (including phenoxy) is 1. The van der Waals surface area contributed by atoms with Gasteiger partial charge in [-0.2, -0.15) is 0 Å². The number of nitrogens with two attached hydrogens (primary N) is 1. The SMILES string of the molecule is Cc1nnc(Oc2c(Cl)ccc(CCC(N)=O)c2F)s1. The molecule has 0 aliphatic heterocycles. The summed E-state index contributed by atoms with van der Waals surface area (Å²) in [7, 11) is 0. The van der Waals surface area contributed by atoms with Gasteiger partial charge in [-0.05, 0) is 25.0 Å². The maximum absolute atomic E-state index is 14.3. The van der Waals surface area contributed by atoms with Crippen LogP contribution in [0.4, 0.5) is 4.39 Å². The number of rotatable bonds is 5. The molecule has 0 unspecified atom stereocenters. The predicted molar refractivity (Wildman–Crippen MR) is 73.6 cm³/mol. The number of benzene rings is 1. The molecule has 0 saturated heterocycles. The van der Waals surface area contributed by atoms with Gasteiger partial charge in [-0.25, -0.2) is 4.39 Å². The summed E-state index contributed by atoms with van der Waals surface area (Å²) in [6.45, 7) is 1.76. The molecule has 1 heterocycles. The summed E-state index contributed by atoms with van der Waals surface area (Å²) >= 11 is 7.10. The molecule has 2 N–H and O–H groups in total. The zero-order valence-corrected chi connectivity index (χ0v) is 12.1. The van der Waals surface area contributed by atoms with E-state index in [0.29, 0.717) is 10.6 Å². The van der Waals surface area contributed by atoms with Crippen molar-refractivity contribution in [1.29, 1.82) is 0 Å². The molecule has 0 atom stereocenters. The lowest BCUT2D eigenvalue weighted by molar-refractivity contribution is -0.117. The second-order valence-corrected chi connectivity index (χ2v) is 5.56. The maximum Gasteiger partial charge on any atom is 0.299 e. The average molecular weight is 316 g/mol. The van der Waals surface area contributed by atoms with E-state index in [9.17, 15) is 9.18 Å². The Bertz CT molecular complexity index is 648. The van der Waals surface area contributed by atoms with Gasteiger partial charge in [-0.1, -0.05) is 34.1 Å². The third-order valence-corrected chi connectivity index (χ3v) is 3.48. The Balaban J connectivity index is 2.27. The van der Waals surface area contributed by atoms with Gasteiger partial charge in [0.25, 0.3) is 5.19 Å². The van der Waals surface area contributed by atoms with Gasteiger partial charge in [-0.3, -0.25) is 4.79 Å². The van der Waals surface area contributed by atoms with Crippen LogP contribution >= 0.6 is 22.9 Å². The third kappa shape index (κ3) is 3.43. The Labute approximate surface area is 123 Å². The average Bonchev–Trinajstić information content (AvgIpc) is 2.79. The van der Waals surface area contributed by atoms with Crippen molar-refractivity contribution in [3.63, 3.8) is 0 Å². The minimum Gasteiger partial charge on any atom is -0.425 e. The molecule has 5 nitrogen and oxygen atoms in total. The molecule has 0 radical (unpaired) electrons. The summed E-state index contributed by atoms with van der Waals surface area (Å²) in [5.74, 6) is -1.24. The zero-order chi connectivity index (χ0) is 14.7. The highest BCUT2D eigenvalue weighted by Gasteiger charge is 2.16. The minimum absolute atomic E-state index is 0.0515. The molecule has 2 rings (SSSR count). The van der Waals surface area contributed by atoms with E-state index in [0.717, 1.165) is 0 Å². The van der Waals surface area contributed by atoms with Crippen molar-refractivity contribution in [2.45, 2.75) is 19.8 Å². The van der Waals surface area contributed by atoms with Crippen LogP contribution in [0, 0.1) is 12.7 Å². The fraction of sp³-hybridized carbons (Fsp3) is 0.250. The third-order valence-electron chi connectivity index (χ3n) is 2.47. The number of carbonyl (C=O) groups is 1. The van der Waals surface area contributed by atoms with E-state index < -0.39 is 11.7 Å². The minimum atomic E-state index is -0.619. The molecule has 0 saturated carbocycles. The van der Waals surface area contributed by atoms with Gasteiger partial charge in [0.05, 0.1) is 5.02 Å². The molecular formula is C12H11ClFN3O2S. The van der Waals surface area contributed by atoms with Crippen LogP contribution in [0.5, 0.6) is 10.9 Å². The number of hydrogen-bond donors (Lipinski definition) is 1. The number of aromatic nitrogens is 2. The van der Waals surface area contributed by atoms with Crippen molar-refractivity contribution in [3.05, 3.63) is 33.5 Å². The van der Waals surface area contributed by atoms with Gasteiger partial charge in [0.2, 0.25) is 5.91 Å². The largest absolute Gasteiger partial charge is 0.425 e. The fourth-order valence-corrected chi connectivity index (χ4v) is 2.25. The van der Waals surface area contributed by atoms with Gasteiger partial charge in [0.1, 0.15) is 5.01 Å². The Hall–Kier alpha value is -1.73. The van der Waals surface area contributed by atoms with Crippen LogP contribution in [0.1, 0.15) is 17.0 Å². The number of aryl methyl sites for hydroxylation is 2. The summed E-state index contributed by atoms with van der Waals surface area (Å²) in [4.78, 5) is 10.8. The molecule has 0 spiro atoms. The molecule has 8 heteroatoms. The van der Waals surface area contributed by atoms with E-state index in [1.807, 2.05) is 0 Å². The second-order valence-electron chi connectivity index (χ2n) is 4.00. The first-order valence-corrected chi connectivity index (χ1v) is 6.90. The van der Waals surface area contributed by atoms with E-state index in [1.54, 1.807) is 6.92 Å². The van der Waals surface area contributed by atoms with Gasteiger partial charge < -0.3 is 10.5 Å². The van der Waals surface area contributed by atoms with Crippen LogP contribution in [0.3, 0.4) is 0 Å². The summed E-state index contributed by atoms with van der Waals surface area (Å²) < 4.78 is 19.6. The summed E-state index contributed by atoms with van der Waals surface area (Å²) in [5.41, 5.74) is 5.36. The smallest absolute Gasteiger partial charge is 0.299 e. The first kappa shape index (κ1) is 14.7. The lowest BCUT2D eigenvalue weighted by Gasteiger charge is -2.09. The van der Waals surface area contributed by atoms with E-state index in [2.05, 4.69) is 10.2 Å². The first-order chi connectivity index (χ1) is 9.47. The summed E-state index contributed by atoms with van der Waals surface area (Å²) in [5, 5.41) is 8.54. The molecule has 0 fully saturated rings. The van der Waals surface area contributed by atoms with E-state index in [-0.39, 0.29) is 28.8 Å². The Kier molecular flexibility index (Phi) is 4.51. The van der Waals surface area contributed by atoms with Crippen LogP contribution in [-0.2, 0) is 11.2 Å². The van der Waals surface area contributed by atoms with Gasteiger partial charge >= 0.3 is 0 Å². The van der Waals surface area contributed by atoms with E-state index in [1.165, 1.54) is 23.5 Å². The molecule has 1 aromatic heterocycles. The number of nitrogens with zero attached hydrogens (tertiary/aromatic N) is 2. The summed E-state index contributed by atoms with van der Waals surface area (Å²) in [6, 6.07) is 3.00.